The van der Waals surface area contributed by atoms with Crippen molar-refractivity contribution >= 4 is 54.3 Å². The quantitative estimate of drug-likeness (QED) is 0.162. The summed E-state index contributed by atoms with van der Waals surface area (Å²) in [6.45, 7) is 3.10. The Balaban J connectivity index is 1.21. The Hall–Kier alpha value is -6.44. The first-order chi connectivity index (χ1) is 38.2. The largest absolute Gasteiger partial charge is 0.455 e. The van der Waals surface area contributed by atoms with Crippen LogP contribution in [0.1, 0.15) is 85.6 Å². The molecule has 1 aromatic heterocycles. The first-order valence-corrected chi connectivity index (χ1v) is 16.8. The molecule has 54 heavy (non-hydrogen) atoms. The van der Waals surface area contributed by atoms with Gasteiger partial charge in [-0.1, -0.05) is 165 Å². The van der Waals surface area contributed by atoms with E-state index in [1.54, 1.807) is 13.8 Å². The van der Waals surface area contributed by atoms with Gasteiger partial charge in [0, 0.05) is 21.6 Å². The highest BCUT2D eigenvalue weighted by Gasteiger charge is 2.35. The lowest BCUT2D eigenvalue weighted by atomic mass is 9.81. The Morgan fingerprint density at radius 1 is 0.500 bits per heavy atom. The highest BCUT2D eigenvalue weighted by Crippen LogP contribution is 2.50. The number of furan rings is 1. The molecule has 0 bridgehead atoms. The molecular formula is C53H38O. The van der Waals surface area contributed by atoms with Gasteiger partial charge in [-0.05, 0) is 114 Å². The molecule has 10 aromatic rings. The molecule has 0 aliphatic heterocycles. The fraction of sp³-hybridized carbons (Fsp3) is 0.0943. The lowest BCUT2D eigenvalue weighted by molar-refractivity contribution is 0.660. The maximum absolute atomic E-state index is 9.91. The first kappa shape index (κ1) is 14.1. The van der Waals surface area contributed by atoms with Crippen molar-refractivity contribution in [2.45, 2.75) is 32.1 Å². The van der Waals surface area contributed by atoms with E-state index < -0.39 is 237 Å². The van der Waals surface area contributed by atoms with Crippen molar-refractivity contribution in [3.05, 3.63) is 203 Å². The van der Waals surface area contributed by atoms with Gasteiger partial charge in [-0.15, -0.1) is 0 Å². The van der Waals surface area contributed by atoms with Crippen molar-refractivity contribution in [1.29, 1.82) is 0 Å². The van der Waals surface area contributed by atoms with Gasteiger partial charge in [0.25, 0.3) is 0 Å². The van der Waals surface area contributed by atoms with E-state index in [0.717, 1.165) is 0 Å². The number of fused-ring (bicyclic) bond motifs is 10. The van der Waals surface area contributed by atoms with E-state index in [1.807, 2.05) is 0 Å². The summed E-state index contributed by atoms with van der Waals surface area (Å²) in [6, 6.07) is -20.6. The molecule has 0 saturated heterocycles. The number of benzene rings is 9. The zero-order valence-corrected chi connectivity index (χ0v) is 28.3. The minimum atomic E-state index is -1.43. The van der Waals surface area contributed by atoms with Crippen molar-refractivity contribution in [3.63, 3.8) is 0 Å². The molecular weight excluding hydrogens is 653 g/mol. The lowest BCUT2D eigenvalue weighted by Crippen LogP contribution is -2.14. The van der Waals surface area contributed by atoms with Crippen molar-refractivity contribution in [2.75, 3.05) is 0 Å². The summed E-state index contributed by atoms with van der Waals surface area (Å²) in [7, 11) is 0. The van der Waals surface area contributed by atoms with Gasteiger partial charge in [0.2, 0.25) is 0 Å². The van der Waals surface area contributed by atoms with Crippen LogP contribution in [-0.4, -0.2) is 0 Å². The summed E-state index contributed by atoms with van der Waals surface area (Å²) in [5.74, 6) is 0. The molecule has 1 nitrogen and oxygen atoms in total. The van der Waals surface area contributed by atoms with Crippen LogP contribution in [0.3, 0.4) is 0 Å². The molecule has 0 unspecified atom stereocenters. The van der Waals surface area contributed by atoms with Crippen LogP contribution < -0.4 is 0 Å². The van der Waals surface area contributed by atoms with E-state index in [4.69, 9.17) is 27.7 Å². The van der Waals surface area contributed by atoms with Gasteiger partial charge >= 0.3 is 0 Å². The third-order valence-electron chi connectivity index (χ3n) is 9.99. The molecule has 0 spiro atoms. The van der Waals surface area contributed by atoms with Gasteiger partial charge < -0.3 is 4.42 Å². The second-order valence-electron chi connectivity index (χ2n) is 13.4. The van der Waals surface area contributed by atoms with Crippen molar-refractivity contribution in [1.82, 2.24) is 0 Å². The lowest BCUT2D eigenvalue weighted by Gasteiger charge is -2.22. The molecule has 0 N–H and O–H groups in total. The summed E-state index contributed by atoms with van der Waals surface area (Å²) < 4.78 is 260. The predicted octanol–water partition coefficient (Wildman–Crippen LogP) is 14.2. The summed E-state index contributed by atoms with van der Waals surface area (Å²) in [5.41, 5.74) is -5.43. The molecule has 0 radical (unpaired) electrons. The predicted molar refractivity (Wildman–Crippen MR) is 228 cm³/mol. The SMILES string of the molecule is [2H]c1c([2H])c([2H])c2c(c1[2H])-c1c([2H])c(-c3c4c([2H])c([2H])c([2H])c([2H])c4c(Cc4c([2H])c([2H])c(Cc5c([2H])c([2H])c([2H])c6oc7c8c([2H])c([2H])c([2H])c([2H])c8c([2H])c([2H])c7c56)c([2H])c4[2H])c4c([2H])c([2H])c([2H])c([2H])c34)c([2H])c([2H])c1C2(C)C. The third-order valence-corrected chi connectivity index (χ3v) is 9.99. The van der Waals surface area contributed by atoms with Crippen LogP contribution in [0.4, 0.5) is 0 Å². The zero-order valence-electron chi connectivity index (χ0n) is 56.3. The Morgan fingerprint density at radius 3 is 1.89 bits per heavy atom. The monoisotopic (exact) mass is 718 g/mol. The molecule has 1 heterocycles. The minimum absolute atomic E-state index is 0.00124. The van der Waals surface area contributed by atoms with Gasteiger partial charge in [0.15, 0.2) is 0 Å². The molecule has 1 aliphatic carbocycles. The van der Waals surface area contributed by atoms with E-state index in [9.17, 15) is 15.1 Å². The Labute approximate surface area is 354 Å². The van der Waals surface area contributed by atoms with Gasteiger partial charge in [0.05, 0.1) is 38.4 Å². The summed E-state index contributed by atoms with van der Waals surface area (Å²) in [6.07, 6.45) is -1.60. The van der Waals surface area contributed by atoms with E-state index in [-0.39, 0.29) is 60.5 Å². The third kappa shape index (κ3) is 4.64. The molecule has 0 saturated carbocycles. The average Bonchev–Trinajstić information content (AvgIpc) is 1.42. The molecule has 0 atom stereocenters. The summed E-state index contributed by atoms with van der Waals surface area (Å²) >= 11 is 0. The van der Waals surface area contributed by atoms with Crippen molar-refractivity contribution in [3.8, 4) is 22.3 Å². The topological polar surface area (TPSA) is 13.1 Å². The second-order valence-corrected chi connectivity index (χ2v) is 13.4. The van der Waals surface area contributed by atoms with Gasteiger partial charge in [-0.25, -0.2) is 0 Å². The van der Waals surface area contributed by atoms with E-state index in [0.29, 0.717) is 0 Å². The Kier molecular flexibility index (Phi) is 3.07. The summed E-state index contributed by atoms with van der Waals surface area (Å²) in [5, 5.41) is -3.36. The smallest absolute Gasteiger partial charge is 0.143 e. The molecule has 1 heteroatoms. The molecule has 256 valence electrons. The second kappa shape index (κ2) is 11.8. The van der Waals surface area contributed by atoms with E-state index in [2.05, 4.69) is 0 Å². The van der Waals surface area contributed by atoms with Crippen LogP contribution in [-0.2, 0) is 18.3 Å². The van der Waals surface area contributed by atoms with Gasteiger partial charge in [0.1, 0.15) is 11.2 Å². The molecule has 9 aromatic carbocycles. The summed E-state index contributed by atoms with van der Waals surface area (Å²) in [4.78, 5) is 0. The van der Waals surface area contributed by atoms with Gasteiger partial charge in [-0.3, -0.25) is 0 Å². The van der Waals surface area contributed by atoms with Gasteiger partial charge in [-0.2, -0.15) is 0 Å². The van der Waals surface area contributed by atoms with Crippen molar-refractivity contribution in [2.24, 2.45) is 0 Å². The molecule has 1 aliphatic rings. The normalized spacial score (nSPS) is 20.6. The average molecular weight is 719 g/mol. The molecule has 11 rings (SSSR count). The number of hydrogen-bond donors (Lipinski definition) is 0. The highest BCUT2D eigenvalue weighted by molar-refractivity contribution is 6.17. The standard InChI is InChI=1S/C53H38O/c1-53(2)47-20-10-9-17-41(47)46-32-37(27-29-48(46)53)50-42-18-7-5-15-39(42)45(40-16-6-8-19-43(40)50)31-34-24-22-33(23-25-34)30-36-13-11-21-49-51(36)44-28-26-35-12-3-4-14-38(35)52(44)54-49/h3-29,32H,30-31H2,1-2H3/i3D,4D,5D,6D,7D,8D,9D,10D,11D,12D,13D,14D,15D,16D,17D,18D,19D,20D,21D,22D,23D,24D,25D,26D,27D,28D,29D,32D. The molecule has 0 fully saturated rings. The maximum Gasteiger partial charge on any atom is 0.143 e. The van der Waals surface area contributed by atoms with Crippen LogP contribution in [0.15, 0.2) is 174 Å². The first-order valence-electron chi connectivity index (χ1n) is 30.8. The molecule has 0 amide bonds. The fourth-order valence-electron chi connectivity index (χ4n) is 7.47. The Morgan fingerprint density at radius 2 is 1.13 bits per heavy atom. The van der Waals surface area contributed by atoms with Crippen LogP contribution in [0, 0.1) is 0 Å². The van der Waals surface area contributed by atoms with Crippen LogP contribution in [0.5, 0.6) is 0 Å². The van der Waals surface area contributed by atoms with Crippen LogP contribution in [0.25, 0.3) is 76.5 Å². The highest BCUT2D eigenvalue weighted by atomic mass is 16.3. The number of hydrogen-bond acceptors (Lipinski definition) is 1. The zero-order chi connectivity index (χ0) is 60.3. The van der Waals surface area contributed by atoms with E-state index in [1.165, 1.54) is 0 Å². The van der Waals surface area contributed by atoms with E-state index >= 15 is 0 Å². The maximum atomic E-state index is 9.91. The number of rotatable bonds is 5. The fourth-order valence-corrected chi connectivity index (χ4v) is 7.47. The minimum Gasteiger partial charge on any atom is -0.455 e. The Bertz CT molecular complexity index is 4640. The van der Waals surface area contributed by atoms with Crippen molar-refractivity contribution < 1.29 is 42.8 Å². The van der Waals surface area contributed by atoms with Crippen LogP contribution >= 0.6 is 0 Å². The van der Waals surface area contributed by atoms with Crippen LogP contribution in [0.2, 0.25) is 0 Å².